The molecule has 0 fully saturated rings. The molecule has 0 unspecified atom stereocenters. The molecule has 0 bridgehead atoms. The molecule has 0 saturated heterocycles. The summed E-state index contributed by atoms with van der Waals surface area (Å²) < 4.78 is 13.3. The van der Waals surface area contributed by atoms with Crippen LogP contribution in [0.1, 0.15) is 24.2 Å². The van der Waals surface area contributed by atoms with E-state index in [1.165, 1.54) is 12.1 Å². The second-order valence-corrected chi connectivity index (χ2v) is 7.61. The van der Waals surface area contributed by atoms with Crippen LogP contribution in [0.4, 0.5) is 4.39 Å². The summed E-state index contributed by atoms with van der Waals surface area (Å²) in [5.41, 5.74) is 8.36. The summed E-state index contributed by atoms with van der Waals surface area (Å²) in [7, 11) is 1.78. The molecule has 0 atom stereocenters. The van der Waals surface area contributed by atoms with Crippen LogP contribution in [0.5, 0.6) is 0 Å². The molecule has 0 radical (unpaired) electrons. The number of aromatic nitrogens is 1. The number of hydrogen-bond donors (Lipinski definition) is 1. The summed E-state index contributed by atoms with van der Waals surface area (Å²) in [6, 6.07) is 15.5. The number of carbonyl (C=O) groups is 1. The molecule has 1 amide bonds. The van der Waals surface area contributed by atoms with Gasteiger partial charge in [-0.1, -0.05) is 32.0 Å². The van der Waals surface area contributed by atoms with Crippen LogP contribution >= 0.6 is 0 Å². The van der Waals surface area contributed by atoms with Gasteiger partial charge in [0.1, 0.15) is 5.82 Å². The van der Waals surface area contributed by atoms with E-state index in [0.717, 1.165) is 16.5 Å². The molecule has 0 aliphatic carbocycles. The quantitative estimate of drug-likeness (QED) is 0.741. The standard InChI is InChI=1S/C22H24FN3O/c1-22(2,13-24)14-26(3)21(27)18-12-20(15-8-10-16(23)11-9-15)25-19-7-5-4-6-17(18)19/h4-12H,13-14,24H2,1-3H3. The number of hydrogen-bond acceptors (Lipinski definition) is 3. The molecule has 0 spiro atoms. The van der Waals surface area contributed by atoms with Crippen molar-refractivity contribution in [2.45, 2.75) is 13.8 Å². The monoisotopic (exact) mass is 365 g/mol. The Hall–Kier alpha value is -2.79. The first-order valence-corrected chi connectivity index (χ1v) is 8.92. The minimum atomic E-state index is -0.306. The first-order chi connectivity index (χ1) is 12.8. The van der Waals surface area contributed by atoms with Gasteiger partial charge in [-0.3, -0.25) is 4.79 Å². The summed E-state index contributed by atoms with van der Waals surface area (Å²) >= 11 is 0. The van der Waals surface area contributed by atoms with E-state index in [9.17, 15) is 9.18 Å². The molecular weight excluding hydrogens is 341 g/mol. The number of amides is 1. The van der Waals surface area contributed by atoms with E-state index in [1.807, 2.05) is 38.1 Å². The molecule has 3 aromatic rings. The van der Waals surface area contributed by atoms with E-state index in [2.05, 4.69) is 4.98 Å². The van der Waals surface area contributed by atoms with Crippen molar-refractivity contribution < 1.29 is 9.18 Å². The van der Waals surface area contributed by atoms with Crippen LogP contribution in [-0.4, -0.2) is 35.9 Å². The highest BCUT2D eigenvalue weighted by Gasteiger charge is 2.23. The van der Waals surface area contributed by atoms with Crippen molar-refractivity contribution in [3.8, 4) is 11.3 Å². The van der Waals surface area contributed by atoms with E-state index in [4.69, 9.17) is 5.73 Å². The third kappa shape index (κ3) is 4.14. The second kappa shape index (κ2) is 7.45. The zero-order valence-electron chi connectivity index (χ0n) is 15.9. The zero-order chi connectivity index (χ0) is 19.6. The van der Waals surface area contributed by atoms with Gasteiger partial charge in [0.15, 0.2) is 0 Å². The minimum absolute atomic E-state index is 0.0847. The van der Waals surface area contributed by atoms with Gasteiger partial charge in [-0.2, -0.15) is 0 Å². The molecule has 0 aliphatic rings. The summed E-state index contributed by atoms with van der Waals surface area (Å²) in [4.78, 5) is 19.5. The third-order valence-corrected chi connectivity index (χ3v) is 4.65. The second-order valence-electron chi connectivity index (χ2n) is 7.61. The lowest BCUT2D eigenvalue weighted by Crippen LogP contribution is -2.39. The number of halogens is 1. The molecule has 140 valence electrons. The van der Waals surface area contributed by atoms with E-state index in [-0.39, 0.29) is 17.1 Å². The summed E-state index contributed by atoms with van der Waals surface area (Å²) in [5, 5.41) is 0.797. The fourth-order valence-electron chi connectivity index (χ4n) is 3.10. The molecule has 5 heteroatoms. The lowest BCUT2D eigenvalue weighted by molar-refractivity contribution is 0.0742. The van der Waals surface area contributed by atoms with Gasteiger partial charge in [-0.15, -0.1) is 0 Å². The van der Waals surface area contributed by atoms with Crippen LogP contribution in [0.3, 0.4) is 0 Å². The van der Waals surface area contributed by atoms with Gasteiger partial charge >= 0.3 is 0 Å². The average molecular weight is 365 g/mol. The summed E-state index contributed by atoms with van der Waals surface area (Å²) in [6.45, 7) is 5.10. The van der Waals surface area contributed by atoms with Crippen LogP contribution in [-0.2, 0) is 0 Å². The average Bonchev–Trinajstić information content (AvgIpc) is 2.66. The maximum atomic E-state index is 13.3. The van der Waals surface area contributed by atoms with Crippen LogP contribution in [0, 0.1) is 11.2 Å². The van der Waals surface area contributed by atoms with Gasteiger partial charge < -0.3 is 10.6 Å². The number of rotatable bonds is 5. The molecule has 3 rings (SSSR count). The predicted octanol–water partition coefficient (Wildman–Crippen LogP) is 4.10. The summed E-state index contributed by atoms with van der Waals surface area (Å²) in [5.74, 6) is -0.391. The van der Waals surface area contributed by atoms with Crippen molar-refractivity contribution in [1.82, 2.24) is 9.88 Å². The van der Waals surface area contributed by atoms with Gasteiger partial charge in [0.25, 0.3) is 5.91 Å². The fourth-order valence-corrected chi connectivity index (χ4v) is 3.10. The highest BCUT2D eigenvalue weighted by atomic mass is 19.1. The van der Waals surface area contributed by atoms with E-state index < -0.39 is 0 Å². The lowest BCUT2D eigenvalue weighted by Gasteiger charge is -2.29. The normalized spacial score (nSPS) is 11.6. The lowest BCUT2D eigenvalue weighted by atomic mass is 9.93. The van der Waals surface area contributed by atoms with Crippen molar-refractivity contribution in [1.29, 1.82) is 0 Å². The van der Waals surface area contributed by atoms with Crippen LogP contribution in [0.25, 0.3) is 22.2 Å². The predicted molar refractivity (Wildman–Crippen MR) is 107 cm³/mol. The van der Waals surface area contributed by atoms with E-state index >= 15 is 0 Å². The number of carbonyl (C=O) groups excluding carboxylic acids is 1. The van der Waals surface area contributed by atoms with E-state index in [1.54, 1.807) is 30.1 Å². The number of para-hydroxylation sites is 1. The maximum absolute atomic E-state index is 13.3. The molecule has 27 heavy (non-hydrogen) atoms. The van der Waals surface area contributed by atoms with Gasteiger partial charge in [0.05, 0.1) is 16.8 Å². The van der Waals surface area contributed by atoms with E-state index in [0.29, 0.717) is 24.3 Å². The van der Waals surface area contributed by atoms with Crippen molar-refractivity contribution >= 4 is 16.8 Å². The Bertz CT molecular complexity index is 967. The molecule has 2 aromatic carbocycles. The Kier molecular flexibility index (Phi) is 5.24. The zero-order valence-corrected chi connectivity index (χ0v) is 15.9. The van der Waals surface area contributed by atoms with Crippen molar-refractivity contribution in [3.05, 3.63) is 66.0 Å². The molecule has 2 N–H and O–H groups in total. The summed E-state index contributed by atoms with van der Waals surface area (Å²) in [6.07, 6.45) is 0. The van der Waals surface area contributed by atoms with Gasteiger partial charge in [-0.25, -0.2) is 9.37 Å². The third-order valence-electron chi connectivity index (χ3n) is 4.65. The van der Waals surface area contributed by atoms with Crippen molar-refractivity contribution in [2.75, 3.05) is 20.1 Å². The van der Waals surface area contributed by atoms with Crippen LogP contribution in [0.15, 0.2) is 54.6 Å². The first kappa shape index (κ1) is 19.0. The smallest absolute Gasteiger partial charge is 0.254 e. The number of nitrogens with zero attached hydrogens (tertiary/aromatic N) is 2. The van der Waals surface area contributed by atoms with Crippen LogP contribution < -0.4 is 5.73 Å². The van der Waals surface area contributed by atoms with Crippen molar-refractivity contribution in [3.63, 3.8) is 0 Å². The Morgan fingerprint density at radius 1 is 1.15 bits per heavy atom. The van der Waals surface area contributed by atoms with Crippen LogP contribution in [0.2, 0.25) is 0 Å². The number of benzene rings is 2. The first-order valence-electron chi connectivity index (χ1n) is 8.92. The Labute approximate surface area is 158 Å². The topological polar surface area (TPSA) is 59.2 Å². The number of fused-ring (bicyclic) bond motifs is 1. The van der Waals surface area contributed by atoms with Crippen molar-refractivity contribution in [2.24, 2.45) is 11.1 Å². The Morgan fingerprint density at radius 3 is 2.48 bits per heavy atom. The number of pyridine rings is 1. The molecule has 4 nitrogen and oxygen atoms in total. The Morgan fingerprint density at radius 2 is 1.81 bits per heavy atom. The Balaban J connectivity index is 2.08. The molecule has 0 aliphatic heterocycles. The van der Waals surface area contributed by atoms with Gasteiger partial charge in [-0.05, 0) is 48.4 Å². The highest BCUT2D eigenvalue weighted by molar-refractivity contribution is 6.07. The molecule has 1 heterocycles. The van der Waals surface area contributed by atoms with Gasteiger partial charge in [0, 0.05) is 24.5 Å². The molecular formula is C22H24FN3O. The highest BCUT2D eigenvalue weighted by Crippen LogP contribution is 2.26. The molecule has 1 aromatic heterocycles. The molecule has 0 saturated carbocycles. The SMILES string of the molecule is CN(CC(C)(C)CN)C(=O)c1cc(-c2ccc(F)cc2)nc2ccccc12. The maximum Gasteiger partial charge on any atom is 0.254 e. The fraction of sp³-hybridized carbons (Fsp3) is 0.273. The largest absolute Gasteiger partial charge is 0.341 e. The minimum Gasteiger partial charge on any atom is -0.341 e. The van der Waals surface area contributed by atoms with Gasteiger partial charge in [0.2, 0.25) is 0 Å². The number of nitrogens with two attached hydrogens (primary N) is 1.